The molecule has 0 amide bonds. The van der Waals surface area contributed by atoms with Gasteiger partial charge in [-0.2, -0.15) is 0 Å². The molecule has 0 aliphatic carbocycles. The molecule has 150 valence electrons. The smallest absolute Gasteiger partial charge is 0.171 e. The molecule has 3 aromatic carbocycles. The number of Topliss-reactive ketones (excluding diaryl/α,β-unsaturated/α-hetero) is 1. The lowest BCUT2D eigenvalue weighted by atomic mass is 9.97. The molecular weight excluding hydrogens is 362 g/mol. The summed E-state index contributed by atoms with van der Waals surface area (Å²) in [5.74, 6) is 0.638. The van der Waals surface area contributed by atoms with Crippen LogP contribution < -0.4 is 10.1 Å². The Hall–Kier alpha value is -2.95. The molecule has 0 aliphatic rings. The van der Waals surface area contributed by atoms with Gasteiger partial charge in [0.15, 0.2) is 5.78 Å². The van der Waals surface area contributed by atoms with E-state index in [4.69, 9.17) is 9.84 Å². The summed E-state index contributed by atoms with van der Waals surface area (Å²) < 4.78 is 6.10. The van der Waals surface area contributed by atoms with E-state index in [0.717, 1.165) is 16.9 Å². The Bertz CT molecular complexity index is 967. The van der Waals surface area contributed by atoms with Crippen molar-refractivity contribution in [1.82, 2.24) is 5.32 Å². The van der Waals surface area contributed by atoms with Crippen LogP contribution in [0.3, 0.4) is 0 Å². The van der Waals surface area contributed by atoms with E-state index in [2.05, 4.69) is 60.8 Å². The lowest BCUT2D eigenvalue weighted by Crippen LogP contribution is -2.24. The zero-order valence-electron chi connectivity index (χ0n) is 16.9. The predicted octanol–water partition coefficient (Wildman–Crippen LogP) is 4.20. The van der Waals surface area contributed by atoms with Crippen molar-refractivity contribution in [3.63, 3.8) is 0 Å². The van der Waals surface area contributed by atoms with E-state index >= 15 is 0 Å². The Morgan fingerprint density at radius 2 is 1.79 bits per heavy atom. The van der Waals surface area contributed by atoms with Gasteiger partial charge in [-0.05, 0) is 53.3 Å². The number of carbonyl (C=O) groups excluding carboxylic acids is 1. The Morgan fingerprint density at radius 3 is 2.52 bits per heavy atom. The maximum atomic E-state index is 11.2. The lowest BCUT2D eigenvalue weighted by molar-refractivity contribution is -0.120. The summed E-state index contributed by atoms with van der Waals surface area (Å²) in [5, 5.41) is 11.8. The predicted molar refractivity (Wildman–Crippen MR) is 116 cm³/mol. The monoisotopic (exact) mass is 389 g/mol. The van der Waals surface area contributed by atoms with Crippen LogP contribution in [-0.2, 0) is 17.9 Å². The van der Waals surface area contributed by atoms with Gasteiger partial charge in [0, 0.05) is 6.54 Å². The van der Waals surface area contributed by atoms with E-state index in [1.54, 1.807) is 0 Å². The largest absolute Gasteiger partial charge is 0.489 e. The van der Waals surface area contributed by atoms with Gasteiger partial charge in [-0.25, -0.2) is 0 Å². The molecule has 0 unspecified atom stereocenters. The molecule has 0 saturated heterocycles. The quantitative estimate of drug-likeness (QED) is 0.576. The minimum atomic E-state index is -0.427. The number of aryl methyl sites for hydroxylation is 1. The summed E-state index contributed by atoms with van der Waals surface area (Å²) in [6.07, 6.45) is 0. The molecule has 0 saturated carbocycles. The number of ketones is 1. The third kappa shape index (κ3) is 5.53. The van der Waals surface area contributed by atoms with Crippen molar-refractivity contribution in [2.24, 2.45) is 0 Å². The van der Waals surface area contributed by atoms with Gasteiger partial charge in [0.05, 0.1) is 6.54 Å². The van der Waals surface area contributed by atoms with Crippen molar-refractivity contribution in [2.75, 3.05) is 13.2 Å². The fraction of sp³-hybridized carbons (Fsp3) is 0.240. The molecule has 29 heavy (non-hydrogen) atoms. The van der Waals surface area contributed by atoms with Crippen LogP contribution >= 0.6 is 0 Å². The first-order valence-electron chi connectivity index (χ1n) is 9.78. The number of rotatable bonds is 9. The summed E-state index contributed by atoms with van der Waals surface area (Å²) in [4.78, 5) is 11.2. The second-order valence-electron chi connectivity index (χ2n) is 7.14. The molecule has 4 nitrogen and oxygen atoms in total. The zero-order valence-corrected chi connectivity index (χ0v) is 16.9. The van der Waals surface area contributed by atoms with Gasteiger partial charge in [0.2, 0.25) is 0 Å². The van der Waals surface area contributed by atoms with E-state index in [0.29, 0.717) is 13.2 Å². The first-order valence-corrected chi connectivity index (χ1v) is 9.78. The second kappa shape index (κ2) is 10.0. The fourth-order valence-electron chi connectivity index (χ4n) is 3.31. The van der Waals surface area contributed by atoms with Crippen molar-refractivity contribution < 1.29 is 14.6 Å². The molecule has 0 spiro atoms. The highest BCUT2D eigenvalue weighted by Crippen LogP contribution is 2.27. The SMILES string of the molecule is Cc1cc(CNCC(=O)CO)ccc1OCc1cccc(-c2ccccc2)c1C. The summed E-state index contributed by atoms with van der Waals surface area (Å²) in [6.45, 7) is 4.98. The number of aliphatic hydroxyl groups excluding tert-OH is 1. The van der Waals surface area contributed by atoms with E-state index in [1.165, 1.54) is 22.3 Å². The molecule has 0 aliphatic heterocycles. The molecule has 0 fully saturated rings. The molecule has 0 heterocycles. The lowest BCUT2D eigenvalue weighted by Gasteiger charge is -2.15. The van der Waals surface area contributed by atoms with Crippen LogP contribution in [0.15, 0.2) is 66.7 Å². The standard InChI is InChI=1S/C25H27NO3/c1-18-13-20(14-26-15-23(28)16-27)11-12-25(18)29-17-22-9-6-10-24(19(22)2)21-7-4-3-5-8-21/h3-13,26-27H,14-17H2,1-2H3. The Kier molecular flexibility index (Phi) is 7.17. The van der Waals surface area contributed by atoms with Crippen molar-refractivity contribution in [3.05, 3.63) is 89.0 Å². The van der Waals surface area contributed by atoms with Crippen LogP contribution in [0.4, 0.5) is 0 Å². The molecule has 2 N–H and O–H groups in total. The molecule has 0 radical (unpaired) electrons. The molecule has 0 bridgehead atoms. The van der Waals surface area contributed by atoms with Gasteiger partial charge in [-0.1, -0.05) is 60.7 Å². The summed E-state index contributed by atoms with van der Waals surface area (Å²) in [6, 6.07) is 22.7. The summed E-state index contributed by atoms with van der Waals surface area (Å²) in [7, 11) is 0. The van der Waals surface area contributed by atoms with Crippen molar-refractivity contribution in [2.45, 2.75) is 27.0 Å². The highest BCUT2D eigenvalue weighted by Gasteiger charge is 2.08. The third-order valence-electron chi connectivity index (χ3n) is 4.98. The van der Waals surface area contributed by atoms with E-state index in [1.807, 2.05) is 25.1 Å². The summed E-state index contributed by atoms with van der Waals surface area (Å²) in [5.41, 5.74) is 6.95. The first kappa shape index (κ1) is 20.8. The Balaban J connectivity index is 1.65. The molecule has 3 rings (SSSR count). The number of hydrogen-bond donors (Lipinski definition) is 2. The van der Waals surface area contributed by atoms with Crippen molar-refractivity contribution in [3.8, 4) is 16.9 Å². The van der Waals surface area contributed by atoms with Gasteiger partial charge < -0.3 is 15.2 Å². The van der Waals surface area contributed by atoms with Gasteiger partial charge >= 0.3 is 0 Å². The van der Waals surface area contributed by atoms with Crippen LogP contribution in [0.5, 0.6) is 5.75 Å². The van der Waals surface area contributed by atoms with Crippen molar-refractivity contribution in [1.29, 1.82) is 0 Å². The average Bonchev–Trinajstić information content (AvgIpc) is 2.74. The van der Waals surface area contributed by atoms with Crippen LogP contribution in [-0.4, -0.2) is 24.0 Å². The molecular formula is C25H27NO3. The summed E-state index contributed by atoms with van der Waals surface area (Å²) >= 11 is 0. The minimum Gasteiger partial charge on any atom is -0.489 e. The first-order chi connectivity index (χ1) is 14.1. The van der Waals surface area contributed by atoms with Crippen molar-refractivity contribution >= 4 is 5.78 Å². The molecule has 0 aromatic heterocycles. The van der Waals surface area contributed by atoms with E-state index < -0.39 is 6.61 Å². The highest BCUT2D eigenvalue weighted by molar-refractivity contribution is 5.81. The number of carbonyl (C=O) groups is 1. The van der Waals surface area contributed by atoms with Gasteiger partial charge in [-0.3, -0.25) is 4.79 Å². The minimum absolute atomic E-state index is 0.171. The number of ether oxygens (including phenoxy) is 1. The van der Waals surface area contributed by atoms with Gasteiger partial charge in [0.25, 0.3) is 0 Å². The maximum absolute atomic E-state index is 11.2. The number of aliphatic hydroxyl groups is 1. The van der Waals surface area contributed by atoms with Gasteiger partial charge in [-0.15, -0.1) is 0 Å². The Labute approximate surface area is 172 Å². The van der Waals surface area contributed by atoms with Crippen LogP contribution in [0.25, 0.3) is 11.1 Å². The average molecular weight is 389 g/mol. The Morgan fingerprint density at radius 1 is 1.00 bits per heavy atom. The molecule has 3 aromatic rings. The second-order valence-corrected chi connectivity index (χ2v) is 7.14. The highest BCUT2D eigenvalue weighted by atomic mass is 16.5. The molecule has 0 atom stereocenters. The normalized spacial score (nSPS) is 10.7. The van der Waals surface area contributed by atoms with Crippen LogP contribution in [0.1, 0.15) is 22.3 Å². The maximum Gasteiger partial charge on any atom is 0.171 e. The third-order valence-corrected chi connectivity index (χ3v) is 4.98. The number of hydrogen-bond acceptors (Lipinski definition) is 4. The molecule has 4 heteroatoms. The topological polar surface area (TPSA) is 58.6 Å². The number of nitrogens with one attached hydrogen (secondary N) is 1. The van der Waals surface area contributed by atoms with Crippen LogP contribution in [0, 0.1) is 13.8 Å². The van der Waals surface area contributed by atoms with Gasteiger partial charge in [0.1, 0.15) is 19.0 Å². The fourth-order valence-corrected chi connectivity index (χ4v) is 3.31. The van der Waals surface area contributed by atoms with Crippen LogP contribution in [0.2, 0.25) is 0 Å². The van der Waals surface area contributed by atoms with E-state index in [9.17, 15) is 4.79 Å². The zero-order chi connectivity index (χ0) is 20.6. The van der Waals surface area contributed by atoms with E-state index in [-0.39, 0.29) is 12.3 Å². The number of benzene rings is 3.